The Morgan fingerprint density at radius 1 is 1.12 bits per heavy atom. The van der Waals surface area contributed by atoms with Gasteiger partial charge in [0.2, 0.25) is 0 Å². The average molecular weight is 321 g/mol. The molecule has 0 radical (unpaired) electrons. The number of benzene rings is 1. The molecule has 0 atom stereocenters. The van der Waals surface area contributed by atoms with Crippen LogP contribution in [0.15, 0.2) is 22.6 Å². The van der Waals surface area contributed by atoms with Crippen LogP contribution in [0.4, 0.5) is 12.9 Å². The third-order valence-corrected chi connectivity index (χ3v) is 2.23. The van der Waals surface area contributed by atoms with Gasteiger partial charge in [-0.2, -0.15) is 0 Å². The Kier molecular flexibility index (Phi) is 6.67. The Bertz CT molecular complexity index is 409. The summed E-state index contributed by atoms with van der Waals surface area (Å²) < 4.78 is 35.9. The predicted molar refractivity (Wildman–Crippen MR) is 55.6 cm³/mol. The van der Waals surface area contributed by atoms with Gasteiger partial charge < -0.3 is 23.2 Å². The van der Waals surface area contributed by atoms with E-state index in [1.807, 2.05) is 0 Å². The van der Waals surface area contributed by atoms with Gasteiger partial charge in [0, 0.05) is 11.6 Å². The van der Waals surface area contributed by atoms with Crippen molar-refractivity contribution in [1.82, 2.24) is 0 Å². The van der Waals surface area contributed by atoms with Crippen LogP contribution < -0.4 is 51.4 Å². The molecule has 0 heterocycles. The van der Waals surface area contributed by atoms with E-state index < -0.39 is 12.7 Å². The molecule has 2 N–H and O–H groups in total. The quantitative estimate of drug-likeness (QED) is 0.768. The van der Waals surface area contributed by atoms with Crippen LogP contribution in [0.5, 0.6) is 11.5 Å². The van der Waals surface area contributed by atoms with Crippen LogP contribution in [0.2, 0.25) is 0 Å². The second kappa shape index (κ2) is 6.46. The van der Waals surface area contributed by atoms with Gasteiger partial charge in [-0.3, -0.25) is 0 Å². The third kappa shape index (κ3) is 5.24. The molecule has 82 valence electrons. The minimum absolute atomic E-state index is 0. The van der Waals surface area contributed by atoms with Crippen molar-refractivity contribution in [3.8, 4) is 11.5 Å². The maximum atomic E-state index is 11.9. The Morgan fingerprint density at radius 2 is 1.69 bits per heavy atom. The minimum atomic E-state index is -5.03. The molecule has 0 bridgehead atoms. The van der Waals surface area contributed by atoms with E-state index in [1.165, 1.54) is 6.07 Å². The van der Waals surface area contributed by atoms with Gasteiger partial charge in [0.05, 0.1) is 4.47 Å². The molecule has 1 aromatic carbocycles. The molecule has 16 heavy (non-hydrogen) atoms. The first kappa shape index (κ1) is 16.5. The normalized spacial score (nSPS) is 11.5. The molecule has 8 heteroatoms. The minimum Gasteiger partial charge on any atom is -0.507 e. The summed E-state index contributed by atoms with van der Waals surface area (Å²) in [5.41, 5.74) is -0.0149. The molecule has 0 saturated heterocycles. The van der Waals surface area contributed by atoms with Gasteiger partial charge in [0.1, 0.15) is 11.5 Å². The number of aromatic hydroxyl groups is 2. The summed E-state index contributed by atoms with van der Waals surface area (Å²) in [5, 5.41) is 18.3. The maximum absolute atomic E-state index is 11.9. The van der Waals surface area contributed by atoms with E-state index in [0.29, 0.717) is 0 Å². The molecule has 1 rings (SSSR count). The molecule has 0 unspecified atom stereocenters. The smallest absolute Gasteiger partial charge is 0.507 e. The molecule has 0 aliphatic heterocycles. The first-order valence-electron chi connectivity index (χ1n) is 3.90. The Morgan fingerprint density at radius 3 is 2.19 bits per heavy atom. The van der Waals surface area contributed by atoms with Crippen LogP contribution in [0.25, 0.3) is 6.08 Å². The van der Waals surface area contributed by atoms with Gasteiger partial charge in [0.25, 0.3) is 0 Å². The summed E-state index contributed by atoms with van der Waals surface area (Å²) in [6, 6.07) is 2.16. The van der Waals surface area contributed by atoms with Crippen LogP contribution >= 0.6 is 15.9 Å². The fraction of sp³-hybridized carbons (Fsp3) is 0. The zero-order chi connectivity index (χ0) is 11.6. The Balaban J connectivity index is 0.00000225. The standard InChI is InChI=1S/C8H6BBrF3O2.K/c10-6-3-5(1-2-9(11,12)13)7(14)4-8(6)15;/h1-4,14-15H;/q-1;+1/b2-1+;. The second-order valence-corrected chi connectivity index (χ2v) is 3.70. The van der Waals surface area contributed by atoms with Crippen molar-refractivity contribution in [3.05, 3.63) is 28.1 Å². The van der Waals surface area contributed by atoms with Gasteiger partial charge in [0.15, 0.2) is 0 Å². The molecule has 0 fully saturated rings. The summed E-state index contributed by atoms with van der Waals surface area (Å²) in [6.45, 7) is -5.03. The number of phenols is 2. The van der Waals surface area contributed by atoms with Crippen molar-refractivity contribution in [2.24, 2.45) is 0 Å². The third-order valence-electron chi connectivity index (χ3n) is 1.59. The van der Waals surface area contributed by atoms with Crippen LogP contribution in [-0.4, -0.2) is 17.2 Å². The van der Waals surface area contributed by atoms with Crippen LogP contribution in [0.3, 0.4) is 0 Å². The topological polar surface area (TPSA) is 40.5 Å². The number of hydrogen-bond acceptors (Lipinski definition) is 2. The molecular weight excluding hydrogens is 315 g/mol. The van der Waals surface area contributed by atoms with Crippen LogP contribution in [0.1, 0.15) is 5.56 Å². The van der Waals surface area contributed by atoms with E-state index in [0.717, 1.165) is 12.1 Å². The molecule has 0 spiro atoms. The SMILES string of the molecule is Oc1cc(O)c(/C=C/[B-](F)(F)F)cc1Br.[K+]. The summed E-state index contributed by atoms with van der Waals surface area (Å²) >= 11 is 2.93. The number of phenolic OH excluding ortho intramolecular Hbond substituents is 2. The summed E-state index contributed by atoms with van der Waals surface area (Å²) in [6.07, 6.45) is 0.750. The molecular formula is C8H6BBrF3KO2. The van der Waals surface area contributed by atoms with E-state index in [2.05, 4.69) is 15.9 Å². The number of rotatable bonds is 2. The fourth-order valence-electron chi connectivity index (χ4n) is 0.912. The number of hydrogen-bond donors (Lipinski definition) is 2. The Hall–Kier alpha value is 0.531. The van der Waals surface area contributed by atoms with Crippen molar-refractivity contribution in [3.63, 3.8) is 0 Å². The van der Waals surface area contributed by atoms with Crippen molar-refractivity contribution in [2.75, 3.05) is 0 Å². The van der Waals surface area contributed by atoms with E-state index in [1.54, 1.807) is 0 Å². The first-order chi connectivity index (χ1) is 6.79. The van der Waals surface area contributed by atoms with Crippen molar-refractivity contribution >= 4 is 29.0 Å². The molecule has 2 nitrogen and oxygen atoms in total. The van der Waals surface area contributed by atoms with Gasteiger partial charge in [-0.15, -0.1) is 5.98 Å². The van der Waals surface area contributed by atoms with E-state index in [4.69, 9.17) is 5.11 Å². The largest absolute Gasteiger partial charge is 1.00 e. The molecule has 0 amide bonds. The van der Waals surface area contributed by atoms with Crippen molar-refractivity contribution in [1.29, 1.82) is 0 Å². The van der Waals surface area contributed by atoms with Gasteiger partial charge >= 0.3 is 58.4 Å². The van der Waals surface area contributed by atoms with Crippen molar-refractivity contribution < 1.29 is 74.5 Å². The molecule has 1 aromatic rings. The van der Waals surface area contributed by atoms with E-state index in [9.17, 15) is 18.1 Å². The zero-order valence-electron chi connectivity index (χ0n) is 8.29. The molecule has 0 aromatic heterocycles. The first-order valence-corrected chi connectivity index (χ1v) is 4.69. The zero-order valence-corrected chi connectivity index (χ0v) is 13.0. The van der Waals surface area contributed by atoms with Crippen LogP contribution in [0, 0.1) is 0 Å². The fourth-order valence-corrected chi connectivity index (χ4v) is 1.27. The second-order valence-electron chi connectivity index (χ2n) is 2.85. The van der Waals surface area contributed by atoms with Gasteiger partial charge in [-0.05, 0) is 22.0 Å². The van der Waals surface area contributed by atoms with E-state index in [-0.39, 0.29) is 73.1 Å². The van der Waals surface area contributed by atoms with E-state index >= 15 is 0 Å². The predicted octanol–water partition coefficient (Wildman–Crippen LogP) is 0.264. The number of halogens is 4. The average Bonchev–Trinajstić information content (AvgIpc) is 2.07. The van der Waals surface area contributed by atoms with Crippen LogP contribution in [-0.2, 0) is 0 Å². The van der Waals surface area contributed by atoms with Gasteiger partial charge in [-0.25, -0.2) is 0 Å². The van der Waals surface area contributed by atoms with Gasteiger partial charge in [-0.1, -0.05) is 6.08 Å². The Labute approximate surface area is 141 Å². The summed E-state index contributed by atoms with van der Waals surface area (Å²) in [4.78, 5) is 0. The monoisotopic (exact) mass is 320 g/mol. The van der Waals surface area contributed by atoms with Crippen molar-refractivity contribution in [2.45, 2.75) is 0 Å². The molecule has 0 aliphatic carbocycles. The summed E-state index contributed by atoms with van der Waals surface area (Å²) in [5.74, 6) is -0.576. The molecule has 0 saturated carbocycles. The summed E-state index contributed by atoms with van der Waals surface area (Å²) in [7, 11) is 0. The molecule has 0 aliphatic rings. The maximum Gasteiger partial charge on any atom is 1.00 e.